The monoisotopic (exact) mass is 233 g/mol. The molecular formula is C15H23NO. The molecule has 1 N–H and O–H groups in total. The van der Waals surface area contributed by atoms with Crippen LogP contribution < -0.4 is 0 Å². The van der Waals surface area contributed by atoms with Crippen molar-refractivity contribution in [1.82, 2.24) is 4.90 Å². The van der Waals surface area contributed by atoms with Crippen molar-refractivity contribution in [2.24, 2.45) is 0 Å². The Morgan fingerprint density at radius 2 is 2.12 bits per heavy atom. The van der Waals surface area contributed by atoms with Crippen LogP contribution >= 0.6 is 0 Å². The number of aryl methyl sites for hydroxylation is 1. The number of aromatic hydroxyl groups is 1. The highest BCUT2D eigenvalue weighted by atomic mass is 16.3. The van der Waals surface area contributed by atoms with E-state index < -0.39 is 0 Å². The average molecular weight is 233 g/mol. The summed E-state index contributed by atoms with van der Waals surface area (Å²) in [6.07, 6.45) is 5.27. The Bertz CT molecular complexity index is 375. The molecule has 0 amide bonds. The van der Waals surface area contributed by atoms with E-state index in [1.54, 1.807) is 0 Å². The third-order valence-corrected chi connectivity index (χ3v) is 3.80. The molecule has 0 aromatic heterocycles. The Labute approximate surface area is 104 Å². The van der Waals surface area contributed by atoms with Gasteiger partial charge in [-0.25, -0.2) is 0 Å². The molecule has 0 bridgehead atoms. The van der Waals surface area contributed by atoms with Crippen molar-refractivity contribution in [3.8, 4) is 5.75 Å². The second kappa shape index (κ2) is 5.54. The minimum atomic E-state index is 0.437. The zero-order chi connectivity index (χ0) is 12.3. The lowest BCUT2D eigenvalue weighted by molar-refractivity contribution is 0.202. The zero-order valence-corrected chi connectivity index (χ0v) is 10.9. The maximum Gasteiger partial charge on any atom is 0.120 e. The Hall–Kier alpha value is -1.02. The summed E-state index contributed by atoms with van der Waals surface area (Å²) in [6.45, 7) is 6.43. The molecule has 0 aliphatic carbocycles. The first-order valence-electron chi connectivity index (χ1n) is 6.69. The van der Waals surface area contributed by atoms with Crippen LogP contribution in [0.4, 0.5) is 0 Å². The largest absolute Gasteiger partial charge is 0.508 e. The van der Waals surface area contributed by atoms with Gasteiger partial charge in [0.2, 0.25) is 0 Å². The maximum absolute atomic E-state index is 9.90. The zero-order valence-electron chi connectivity index (χ0n) is 10.9. The lowest BCUT2D eigenvalue weighted by Gasteiger charge is -2.27. The predicted octanol–water partition coefficient (Wildman–Crippen LogP) is 3.47. The SMILES string of the molecule is Cc1ccc(O)c(CN2CCCCCC2C)c1. The lowest BCUT2D eigenvalue weighted by Crippen LogP contribution is -2.31. The minimum Gasteiger partial charge on any atom is -0.508 e. The first-order valence-corrected chi connectivity index (χ1v) is 6.69. The molecule has 1 fully saturated rings. The van der Waals surface area contributed by atoms with Crippen molar-refractivity contribution in [3.63, 3.8) is 0 Å². The molecule has 94 valence electrons. The summed E-state index contributed by atoms with van der Waals surface area (Å²) in [4.78, 5) is 2.50. The van der Waals surface area contributed by atoms with Crippen LogP contribution in [0.2, 0.25) is 0 Å². The van der Waals surface area contributed by atoms with E-state index in [9.17, 15) is 5.11 Å². The molecule has 2 heteroatoms. The molecule has 2 rings (SSSR count). The summed E-state index contributed by atoms with van der Waals surface area (Å²) in [5.74, 6) is 0.437. The number of phenols is 1. The summed E-state index contributed by atoms with van der Waals surface area (Å²) in [6, 6.07) is 6.52. The van der Waals surface area contributed by atoms with Crippen LogP contribution in [0.15, 0.2) is 18.2 Å². The van der Waals surface area contributed by atoms with Gasteiger partial charge in [0.1, 0.15) is 5.75 Å². The van der Waals surface area contributed by atoms with Gasteiger partial charge in [0.25, 0.3) is 0 Å². The highest BCUT2D eigenvalue weighted by molar-refractivity contribution is 5.35. The van der Waals surface area contributed by atoms with Crippen molar-refractivity contribution < 1.29 is 5.11 Å². The molecule has 1 aromatic carbocycles. The van der Waals surface area contributed by atoms with Gasteiger partial charge in [0.15, 0.2) is 0 Å². The first-order chi connectivity index (χ1) is 8.16. The summed E-state index contributed by atoms with van der Waals surface area (Å²) in [5, 5.41) is 9.90. The van der Waals surface area contributed by atoms with Gasteiger partial charge in [-0.3, -0.25) is 4.90 Å². The second-order valence-electron chi connectivity index (χ2n) is 5.30. The van der Waals surface area contributed by atoms with Gasteiger partial charge in [-0.1, -0.05) is 30.5 Å². The van der Waals surface area contributed by atoms with E-state index in [0.717, 1.165) is 18.7 Å². The van der Waals surface area contributed by atoms with E-state index >= 15 is 0 Å². The van der Waals surface area contributed by atoms with Crippen molar-refractivity contribution in [2.45, 2.75) is 52.1 Å². The topological polar surface area (TPSA) is 23.5 Å². The van der Waals surface area contributed by atoms with Gasteiger partial charge in [-0.15, -0.1) is 0 Å². The molecule has 1 aliphatic heterocycles. The molecule has 0 radical (unpaired) electrons. The maximum atomic E-state index is 9.90. The third kappa shape index (κ3) is 3.22. The Kier molecular flexibility index (Phi) is 4.06. The van der Waals surface area contributed by atoms with Crippen LogP contribution in [-0.4, -0.2) is 22.6 Å². The van der Waals surface area contributed by atoms with Crippen LogP contribution in [0.5, 0.6) is 5.75 Å². The molecule has 1 heterocycles. The van der Waals surface area contributed by atoms with E-state index in [-0.39, 0.29) is 0 Å². The van der Waals surface area contributed by atoms with Crippen molar-refractivity contribution in [3.05, 3.63) is 29.3 Å². The van der Waals surface area contributed by atoms with Gasteiger partial charge < -0.3 is 5.11 Å². The fraction of sp³-hybridized carbons (Fsp3) is 0.600. The van der Waals surface area contributed by atoms with E-state index in [0.29, 0.717) is 11.8 Å². The first kappa shape index (κ1) is 12.4. The number of hydrogen-bond acceptors (Lipinski definition) is 2. The molecule has 1 aromatic rings. The van der Waals surface area contributed by atoms with Gasteiger partial charge in [0, 0.05) is 18.2 Å². The Morgan fingerprint density at radius 3 is 2.94 bits per heavy atom. The summed E-state index contributed by atoms with van der Waals surface area (Å²) < 4.78 is 0. The normalized spacial score (nSPS) is 22.4. The molecule has 0 saturated carbocycles. The fourth-order valence-corrected chi connectivity index (χ4v) is 2.63. The highest BCUT2D eigenvalue weighted by Gasteiger charge is 2.17. The molecule has 1 saturated heterocycles. The summed E-state index contributed by atoms with van der Waals surface area (Å²) >= 11 is 0. The van der Waals surface area contributed by atoms with Crippen LogP contribution in [0.25, 0.3) is 0 Å². The molecule has 17 heavy (non-hydrogen) atoms. The number of hydrogen-bond donors (Lipinski definition) is 1. The number of rotatable bonds is 2. The smallest absolute Gasteiger partial charge is 0.120 e. The van der Waals surface area contributed by atoms with Gasteiger partial charge in [-0.05, 0) is 39.3 Å². The number of phenolic OH excluding ortho intramolecular Hbond substituents is 1. The molecular weight excluding hydrogens is 210 g/mol. The van der Waals surface area contributed by atoms with Gasteiger partial charge in [0.05, 0.1) is 0 Å². The van der Waals surface area contributed by atoms with E-state index in [1.807, 2.05) is 12.1 Å². The average Bonchev–Trinajstić information content (AvgIpc) is 2.50. The van der Waals surface area contributed by atoms with E-state index in [4.69, 9.17) is 0 Å². The fourth-order valence-electron chi connectivity index (χ4n) is 2.63. The van der Waals surface area contributed by atoms with Gasteiger partial charge in [-0.2, -0.15) is 0 Å². The molecule has 1 atom stereocenters. The molecule has 0 spiro atoms. The standard InChI is InChI=1S/C15H23NO/c1-12-7-8-15(17)14(10-12)11-16-9-5-3-4-6-13(16)2/h7-8,10,13,17H,3-6,9,11H2,1-2H3. The van der Waals surface area contributed by atoms with E-state index in [1.165, 1.54) is 31.2 Å². The molecule has 1 unspecified atom stereocenters. The van der Waals surface area contributed by atoms with Crippen LogP contribution in [0, 0.1) is 6.92 Å². The quantitative estimate of drug-likeness (QED) is 0.845. The minimum absolute atomic E-state index is 0.437. The Morgan fingerprint density at radius 1 is 1.29 bits per heavy atom. The third-order valence-electron chi connectivity index (χ3n) is 3.80. The summed E-state index contributed by atoms with van der Waals surface area (Å²) in [5.41, 5.74) is 2.29. The van der Waals surface area contributed by atoms with Crippen molar-refractivity contribution >= 4 is 0 Å². The molecule has 1 aliphatic rings. The molecule has 2 nitrogen and oxygen atoms in total. The number of nitrogens with zero attached hydrogens (tertiary/aromatic N) is 1. The predicted molar refractivity (Wildman–Crippen MR) is 71.2 cm³/mol. The van der Waals surface area contributed by atoms with Crippen LogP contribution in [0.3, 0.4) is 0 Å². The van der Waals surface area contributed by atoms with Crippen LogP contribution in [0.1, 0.15) is 43.7 Å². The van der Waals surface area contributed by atoms with Gasteiger partial charge >= 0.3 is 0 Å². The number of benzene rings is 1. The lowest BCUT2D eigenvalue weighted by atomic mass is 10.1. The second-order valence-corrected chi connectivity index (χ2v) is 5.30. The number of likely N-dealkylation sites (tertiary alicyclic amines) is 1. The highest BCUT2D eigenvalue weighted by Crippen LogP contribution is 2.24. The van der Waals surface area contributed by atoms with Crippen molar-refractivity contribution in [1.29, 1.82) is 0 Å². The van der Waals surface area contributed by atoms with Crippen molar-refractivity contribution in [2.75, 3.05) is 6.54 Å². The van der Waals surface area contributed by atoms with E-state index in [2.05, 4.69) is 24.8 Å². The van der Waals surface area contributed by atoms with Crippen LogP contribution in [-0.2, 0) is 6.54 Å². The Balaban J connectivity index is 2.10. The summed E-state index contributed by atoms with van der Waals surface area (Å²) in [7, 11) is 0.